The molecule has 0 spiro atoms. The van der Waals surface area contributed by atoms with Crippen LogP contribution < -0.4 is 4.74 Å². The van der Waals surface area contributed by atoms with Gasteiger partial charge in [0, 0.05) is 0 Å². The van der Waals surface area contributed by atoms with Crippen LogP contribution in [0, 0.1) is 0 Å². The Hall–Kier alpha value is -3.68. The normalized spacial score (nSPS) is 15.1. The van der Waals surface area contributed by atoms with Crippen molar-refractivity contribution in [3.8, 4) is 17.2 Å². The second-order valence-electron chi connectivity index (χ2n) is 6.24. The summed E-state index contributed by atoms with van der Waals surface area (Å²) in [7, 11) is 2.45. The molecule has 28 heavy (non-hydrogen) atoms. The van der Waals surface area contributed by atoms with Gasteiger partial charge < -0.3 is 28.8 Å². The molecule has 1 aromatic heterocycles. The number of carbonyl (C=O) groups excluding carboxylic acids is 2. The summed E-state index contributed by atoms with van der Waals surface area (Å²) >= 11 is 0. The summed E-state index contributed by atoms with van der Waals surface area (Å²) in [6, 6.07) is 7.53. The molecule has 2 aromatic carbocycles. The van der Waals surface area contributed by atoms with E-state index in [9.17, 15) is 19.8 Å². The standard InChI is InChI=1S/C20H16O8/c1-25-19(23)9-3-5-13-11(17(9)21)7-15(28-13)12-8-27-14-6-4-10(20(24)26-2)18(22)16(12)14/h3-7,12,21-22H,8H2,1-2H3. The highest BCUT2D eigenvalue weighted by atomic mass is 16.5. The van der Waals surface area contributed by atoms with E-state index in [-0.39, 0.29) is 29.2 Å². The third kappa shape index (κ3) is 2.53. The van der Waals surface area contributed by atoms with Gasteiger partial charge in [0.2, 0.25) is 0 Å². The zero-order valence-corrected chi connectivity index (χ0v) is 15.0. The van der Waals surface area contributed by atoms with Crippen LogP contribution in [0.25, 0.3) is 11.0 Å². The summed E-state index contributed by atoms with van der Waals surface area (Å²) < 4.78 is 20.8. The highest BCUT2D eigenvalue weighted by molar-refractivity contribution is 6.00. The number of phenolic OH excluding ortho intramolecular Hbond substituents is 2. The lowest BCUT2D eigenvalue weighted by atomic mass is 9.95. The van der Waals surface area contributed by atoms with Gasteiger partial charge in [-0.2, -0.15) is 0 Å². The monoisotopic (exact) mass is 384 g/mol. The van der Waals surface area contributed by atoms with E-state index in [0.717, 1.165) is 0 Å². The van der Waals surface area contributed by atoms with Crippen LogP contribution in [-0.4, -0.2) is 43.0 Å². The van der Waals surface area contributed by atoms with Crippen molar-refractivity contribution < 1.29 is 38.4 Å². The van der Waals surface area contributed by atoms with E-state index in [2.05, 4.69) is 9.47 Å². The summed E-state index contributed by atoms with van der Waals surface area (Å²) in [4.78, 5) is 23.6. The number of esters is 2. The molecule has 0 saturated heterocycles. The largest absolute Gasteiger partial charge is 0.507 e. The van der Waals surface area contributed by atoms with Gasteiger partial charge in [-0.3, -0.25) is 0 Å². The van der Waals surface area contributed by atoms with Gasteiger partial charge in [0.25, 0.3) is 0 Å². The van der Waals surface area contributed by atoms with Gasteiger partial charge >= 0.3 is 11.9 Å². The number of benzene rings is 2. The Labute approximate surface area is 158 Å². The van der Waals surface area contributed by atoms with Gasteiger partial charge in [-0.05, 0) is 30.3 Å². The Morgan fingerprint density at radius 1 is 1.00 bits per heavy atom. The average Bonchev–Trinajstić information content (AvgIpc) is 3.32. The predicted molar refractivity (Wildman–Crippen MR) is 96.0 cm³/mol. The van der Waals surface area contributed by atoms with E-state index in [1.54, 1.807) is 18.2 Å². The maximum Gasteiger partial charge on any atom is 0.341 e. The van der Waals surface area contributed by atoms with Crippen LogP contribution >= 0.6 is 0 Å². The molecular weight excluding hydrogens is 368 g/mol. The molecule has 0 saturated carbocycles. The molecule has 2 N–H and O–H groups in total. The minimum Gasteiger partial charge on any atom is -0.507 e. The van der Waals surface area contributed by atoms with E-state index >= 15 is 0 Å². The Morgan fingerprint density at radius 3 is 2.32 bits per heavy atom. The zero-order valence-electron chi connectivity index (χ0n) is 15.0. The Balaban J connectivity index is 1.82. The third-order valence-corrected chi connectivity index (χ3v) is 4.78. The summed E-state index contributed by atoms with van der Waals surface area (Å²) in [5.74, 6) is -1.52. The second kappa shape index (κ2) is 6.49. The number of carbonyl (C=O) groups is 2. The van der Waals surface area contributed by atoms with Crippen molar-refractivity contribution in [3.05, 3.63) is 52.8 Å². The van der Waals surface area contributed by atoms with E-state index in [1.165, 1.54) is 26.4 Å². The van der Waals surface area contributed by atoms with Crippen molar-refractivity contribution in [2.24, 2.45) is 0 Å². The minimum absolute atomic E-state index is 0.0150. The average molecular weight is 384 g/mol. The lowest BCUT2D eigenvalue weighted by Crippen LogP contribution is -2.05. The molecule has 1 unspecified atom stereocenters. The number of hydrogen-bond donors (Lipinski definition) is 2. The van der Waals surface area contributed by atoms with Gasteiger partial charge in [-0.25, -0.2) is 9.59 Å². The van der Waals surface area contributed by atoms with E-state index < -0.39 is 17.9 Å². The first-order chi connectivity index (χ1) is 13.5. The Morgan fingerprint density at radius 2 is 1.64 bits per heavy atom. The van der Waals surface area contributed by atoms with Crippen LogP contribution in [0.4, 0.5) is 0 Å². The number of aromatic hydroxyl groups is 2. The molecule has 1 atom stereocenters. The lowest BCUT2D eigenvalue weighted by molar-refractivity contribution is 0.0588. The lowest BCUT2D eigenvalue weighted by Gasteiger charge is -2.10. The first kappa shape index (κ1) is 17.7. The van der Waals surface area contributed by atoms with Gasteiger partial charge in [-0.1, -0.05) is 0 Å². The Kier molecular flexibility index (Phi) is 4.11. The van der Waals surface area contributed by atoms with E-state index in [1.807, 2.05) is 0 Å². The van der Waals surface area contributed by atoms with Gasteiger partial charge in [0.1, 0.15) is 46.3 Å². The number of phenols is 2. The van der Waals surface area contributed by atoms with Crippen LogP contribution in [0.1, 0.15) is 38.0 Å². The molecule has 8 heteroatoms. The van der Waals surface area contributed by atoms with Crippen molar-refractivity contribution in [3.63, 3.8) is 0 Å². The SMILES string of the molecule is COC(=O)c1ccc2c(c1O)C(c1cc3c(O)c(C(=O)OC)ccc3o1)CO2. The van der Waals surface area contributed by atoms with Gasteiger partial charge in [-0.15, -0.1) is 0 Å². The van der Waals surface area contributed by atoms with Crippen molar-refractivity contribution in [1.29, 1.82) is 0 Å². The Bertz CT molecular complexity index is 1110. The number of fused-ring (bicyclic) bond motifs is 2. The second-order valence-corrected chi connectivity index (χ2v) is 6.24. The topological polar surface area (TPSA) is 115 Å². The molecule has 3 aromatic rings. The van der Waals surface area contributed by atoms with Crippen LogP contribution in [0.5, 0.6) is 17.2 Å². The van der Waals surface area contributed by atoms with Crippen LogP contribution in [0.2, 0.25) is 0 Å². The molecule has 8 nitrogen and oxygen atoms in total. The number of hydrogen-bond acceptors (Lipinski definition) is 8. The summed E-state index contributed by atoms with van der Waals surface area (Å²) in [5.41, 5.74) is 0.789. The van der Waals surface area contributed by atoms with Gasteiger partial charge in [0.05, 0.1) is 31.1 Å². The molecule has 0 amide bonds. The first-order valence-corrected chi connectivity index (χ1v) is 8.37. The maximum absolute atomic E-state index is 11.9. The molecule has 0 radical (unpaired) electrons. The number of furan rings is 1. The summed E-state index contributed by atoms with van der Waals surface area (Å²) in [6.07, 6.45) is 0. The number of ether oxygens (including phenoxy) is 3. The first-order valence-electron chi connectivity index (χ1n) is 8.37. The van der Waals surface area contributed by atoms with Crippen LogP contribution in [0.3, 0.4) is 0 Å². The highest BCUT2D eigenvalue weighted by Gasteiger charge is 2.34. The fourth-order valence-corrected chi connectivity index (χ4v) is 3.37. The fraction of sp³-hybridized carbons (Fsp3) is 0.200. The molecule has 0 bridgehead atoms. The van der Waals surface area contributed by atoms with Crippen molar-refractivity contribution in [1.82, 2.24) is 0 Å². The minimum atomic E-state index is -0.670. The zero-order chi connectivity index (χ0) is 20.0. The molecule has 0 fully saturated rings. The third-order valence-electron chi connectivity index (χ3n) is 4.78. The molecule has 2 heterocycles. The molecule has 0 aliphatic carbocycles. The van der Waals surface area contributed by atoms with E-state index in [0.29, 0.717) is 28.0 Å². The molecule has 1 aliphatic rings. The van der Waals surface area contributed by atoms with Gasteiger partial charge in [0.15, 0.2) is 0 Å². The molecular formula is C20H16O8. The predicted octanol–water partition coefficient (Wildman–Crippen LogP) is 2.94. The van der Waals surface area contributed by atoms with Crippen molar-refractivity contribution in [2.75, 3.05) is 20.8 Å². The number of rotatable bonds is 3. The van der Waals surface area contributed by atoms with Crippen molar-refractivity contribution in [2.45, 2.75) is 5.92 Å². The van der Waals surface area contributed by atoms with E-state index in [4.69, 9.17) is 9.15 Å². The molecule has 144 valence electrons. The van der Waals surface area contributed by atoms with Crippen molar-refractivity contribution >= 4 is 22.9 Å². The summed E-state index contributed by atoms with van der Waals surface area (Å²) in [5, 5.41) is 21.3. The van der Waals surface area contributed by atoms with Crippen LogP contribution in [0.15, 0.2) is 34.7 Å². The smallest absolute Gasteiger partial charge is 0.341 e. The molecule has 4 rings (SSSR count). The summed E-state index contributed by atoms with van der Waals surface area (Å²) in [6.45, 7) is 0.179. The molecule has 1 aliphatic heterocycles. The maximum atomic E-state index is 11.9. The fourth-order valence-electron chi connectivity index (χ4n) is 3.37. The quantitative estimate of drug-likeness (QED) is 0.662. The van der Waals surface area contributed by atoms with Crippen LogP contribution in [-0.2, 0) is 9.47 Å². The number of methoxy groups -OCH3 is 2. The highest BCUT2D eigenvalue weighted by Crippen LogP contribution is 2.46.